The number of rotatable bonds is 10. The van der Waals surface area contributed by atoms with Crippen molar-refractivity contribution in [3.63, 3.8) is 0 Å². The number of carbonyl (C=O) groups is 4. The van der Waals surface area contributed by atoms with Gasteiger partial charge in [0.15, 0.2) is 0 Å². The molecule has 5 rings (SSSR count). The van der Waals surface area contributed by atoms with Gasteiger partial charge in [0.1, 0.15) is 12.3 Å². The lowest BCUT2D eigenvalue weighted by atomic mass is 9.89. The Hall–Kier alpha value is -4.66. The van der Waals surface area contributed by atoms with Crippen molar-refractivity contribution < 1.29 is 19.2 Å². The maximum atomic E-state index is 12.9. The number of carbonyl (C=O) groups excluding carboxylic acids is 4. The minimum absolute atomic E-state index is 0.147. The van der Waals surface area contributed by atoms with Crippen LogP contribution < -0.4 is 21.3 Å². The fraction of sp³-hybridized carbons (Fsp3) is 0.312. The standard InChI is InChI=1S/C32H35N5O4/c33-30(39)29(10-5-17-38)37-21-25-18-22(11-12-28(25)31(37)40)20-34-32(41)35-26-8-4-9-27(19-26)36-15-13-24(14-16-36)23-6-2-1-3-7-23/h1-4,6-9,11-12,17-19,24,29H,5,10,13-16,20-21H2,(H2,33,39)(H2,34,35,41). The number of benzene rings is 3. The highest BCUT2D eigenvalue weighted by molar-refractivity contribution is 6.01. The zero-order valence-corrected chi connectivity index (χ0v) is 22.9. The fourth-order valence-electron chi connectivity index (χ4n) is 5.77. The normalized spacial score (nSPS) is 15.8. The summed E-state index contributed by atoms with van der Waals surface area (Å²) in [6, 6.07) is 22.7. The average Bonchev–Trinajstić information content (AvgIpc) is 3.32. The summed E-state index contributed by atoms with van der Waals surface area (Å²) in [5.74, 6) is -0.338. The first kappa shape index (κ1) is 27.9. The van der Waals surface area contributed by atoms with Crippen molar-refractivity contribution in [3.05, 3.63) is 95.1 Å². The van der Waals surface area contributed by atoms with E-state index >= 15 is 0 Å². The molecule has 1 atom stereocenters. The number of hydrogen-bond acceptors (Lipinski definition) is 5. The molecule has 0 bridgehead atoms. The van der Waals surface area contributed by atoms with Gasteiger partial charge in [-0.05, 0) is 66.1 Å². The summed E-state index contributed by atoms with van der Waals surface area (Å²) >= 11 is 0. The van der Waals surface area contributed by atoms with Crippen LogP contribution in [0.25, 0.3) is 0 Å². The summed E-state index contributed by atoms with van der Waals surface area (Å²) in [6.07, 6.45) is 3.24. The van der Waals surface area contributed by atoms with Crippen LogP contribution in [0.3, 0.4) is 0 Å². The van der Waals surface area contributed by atoms with Gasteiger partial charge in [-0.25, -0.2) is 4.79 Å². The Morgan fingerprint density at radius 1 is 1.00 bits per heavy atom. The van der Waals surface area contributed by atoms with Gasteiger partial charge in [-0.3, -0.25) is 9.59 Å². The van der Waals surface area contributed by atoms with E-state index in [1.807, 2.05) is 24.3 Å². The Morgan fingerprint density at radius 3 is 2.51 bits per heavy atom. The number of hydrogen-bond donors (Lipinski definition) is 3. The number of aldehydes is 1. The van der Waals surface area contributed by atoms with Gasteiger partial charge in [0, 0.05) is 49.5 Å². The van der Waals surface area contributed by atoms with Crippen molar-refractivity contribution in [2.24, 2.45) is 5.73 Å². The van der Waals surface area contributed by atoms with Gasteiger partial charge in [0.25, 0.3) is 5.91 Å². The van der Waals surface area contributed by atoms with E-state index < -0.39 is 11.9 Å². The molecule has 3 aromatic rings. The molecule has 0 aliphatic carbocycles. The maximum absolute atomic E-state index is 12.9. The molecule has 9 heteroatoms. The lowest BCUT2D eigenvalue weighted by molar-refractivity contribution is -0.122. The first-order valence-electron chi connectivity index (χ1n) is 14.0. The molecule has 2 aliphatic heterocycles. The highest BCUT2D eigenvalue weighted by Crippen LogP contribution is 2.31. The van der Waals surface area contributed by atoms with E-state index in [0.717, 1.165) is 42.7 Å². The molecule has 4 N–H and O–H groups in total. The second kappa shape index (κ2) is 12.7. The summed E-state index contributed by atoms with van der Waals surface area (Å²) < 4.78 is 0. The summed E-state index contributed by atoms with van der Waals surface area (Å²) in [4.78, 5) is 52.0. The summed E-state index contributed by atoms with van der Waals surface area (Å²) in [5.41, 5.74) is 10.8. The van der Waals surface area contributed by atoms with E-state index in [1.54, 1.807) is 12.1 Å². The number of fused-ring (bicyclic) bond motifs is 1. The second-order valence-corrected chi connectivity index (χ2v) is 10.6. The number of nitrogens with one attached hydrogen (secondary N) is 2. The van der Waals surface area contributed by atoms with E-state index in [9.17, 15) is 19.2 Å². The van der Waals surface area contributed by atoms with E-state index in [2.05, 4.69) is 51.9 Å². The van der Waals surface area contributed by atoms with E-state index in [1.165, 1.54) is 10.5 Å². The molecule has 212 valence electrons. The molecule has 1 saturated heterocycles. The number of nitrogens with zero attached hydrogens (tertiary/aromatic N) is 2. The quantitative estimate of drug-likeness (QED) is 0.325. The predicted molar refractivity (Wildman–Crippen MR) is 158 cm³/mol. The molecular formula is C32H35N5O4. The Kier molecular flexibility index (Phi) is 8.62. The average molecular weight is 554 g/mol. The highest BCUT2D eigenvalue weighted by atomic mass is 16.2. The third-order valence-electron chi connectivity index (χ3n) is 7.95. The minimum atomic E-state index is -0.835. The van der Waals surface area contributed by atoms with Crippen molar-refractivity contribution in [2.75, 3.05) is 23.3 Å². The van der Waals surface area contributed by atoms with Gasteiger partial charge >= 0.3 is 6.03 Å². The van der Waals surface area contributed by atoms with Crippen molar-refractivity contribution in [1.29, 1.82) is 0 Å². The molecule has 0 spiro atoms. The number of nitrogens with two attached hydrogens (primary N) is 1. The smallest absolute Gasteiger partial charge is 0.319 e. The van der Waals surface area contributed by atoms with E-state index in [4.69, 9.17) is 5.73 Å². The molecule has 1 fully saturated rings. The Labute approximate surface area is 239 Å². The Balaban J connectivity index is 1.14. The Bertz CT molecular complexity index is 1420. The molecule has 0 saturated carbocycles. The fourth-order valence-corrected chi connectivity index (χ4v) is 5.77. The van der Waals surface area contributed by atoms with Crippen LogP contribution in [0.4, 0.5) is 16.2 Å². The molecule has 2 heterocycles. The topological polar surface area (TPSA) is 125 Å². The number of urea groups is 1. The molecule has 9 nitrogen and oxygen atoms in total. The summed E-state index contributed by atoms with van der Waals surface area (Å²) in [5, 5.41) is 5.80. The van der Waals surface area contributed by atoms with Gasteiger partial charge in [-0.15, -0.1) is 0 Å². The zero-order chi connectivity index (χ0) is 28.8. The third-order valence-corrected chi connectivity index (χ3v) is 7.95. The van der Waals surface area contributed by atoms with Crippen LogP contribution in [0.2, 0.25) is 0 Å². The lowest BCUT2D eigenvalue weighted by Gasteiger charge is -2.34. The van der Waals surface area contributed by atoms with E-state index in [-0.39, 0.29) is 37.9 Å². The zero-order valence-electron chi connectivity index (χ0n) is 22.9. The van der Waals surface area contributed by atoms with Crippen LogP contribution in [0, 0.1) is 0 Å². The molecule has 4 amide bonds. The molecule has 1 unspecified atom stereocenters. The minimum Gasteiger partial charge on any atom is -0.371 e. The molecule has 0 aromatic heterocycles. The van der Waals surface area contributed by atoms with Crippen molar-refractivity contribution in [1.82, 2.24) is 10.2 Å². The van der Waals surface area contributed by atoms with Crippen molar-refractivity contribution in [3.8, 4) is 0 Å². The van der Waals surface area contributed by atoms with Gasteiger partial charge in [-0.1, -0.05) is 48.5 Å². The summed E-state index contributed by atoms with van der Waals surface area (Å²) in [6.45, 7) is 2.43. The number of amides is 4. The van der Waals surface area contributed by atoms with Crippen LogP contribution in [-0.4, -0.2) is 48.2 Å². The summed E-state index contributed by atoms with van der Waals surface area (Å²) in [7, 11) is 0. The second-order valence-electron chi connectivity index (χ2n) is 10.6. The van der Waals surface area contributed by atoms with Crippen LogP contribution in [0.15, 0.2) is 72.8 Å². The first-order valence-corrected chi connectivity index (χ1v) is 14.0. The maximum Gasteiger partial charge on any atom is 0.319 e. The Morgan fingerprint density at radius 2 is 1.78 bits per heavy atom. The van der Waals surface area contributed by atoms with Crippen LogP contribution in [-0.2, 0) is 22.7 Å². The van der Waals surface area contributed by atoms with Crippen molar-refractivity contribution in [2.45, 2.75) is 50.7 Å². The third kappa shape index (κ3) is 6.57. The van der Waals surface area contributed by atoms with Gasteiger partial charge < -0.3 is 31.0 Å². The SMILES string of the molecule is NC(=O)C(CCC=O)N1Cc2cc(CNC(=O)Nc3cccc(N4CCC(c5ccccc5)CC4)c3)ccc2C1=O. The number of piperidine rings is 1. The highest BCUT2D eigenvalue weighted by Gasteiger charge is 2.35. The largest absolute Gasteiger partial charge is 0.371 e. The van der Waals surface area contributed by atoms with Crippen molar-refractivity contribution >= 4 is 35.5 Å². The molecule has 2 aliphatic rings. The van der Waals surface area contributed by atoms with Gasteiger partial charge in [0.2, 0.25) is 5.91 Å². The van der Waals surface area contributed by atoms with Crippen LogP contribution in [0.1, 0.15) is 58.6 Å². The van der Waals surface area contributed by atoms with Gasteiger partial charge in [0.05, 0.1) is 0 Å². The first-order chi connectivity index (χ1) is 19.9. The van der Waals surface area contributed by atoms with Crippen LogP contribution >= 0.6 is 0 Å². The lowest BCUT2D eigenvalue weighted by Crippen LogP contribution is -2.44. The van der Waals surface area contributed by atoms with E-state index in [0.29, 0.717) is 23.5 Å². The van der Waals surface area contributed by atoms with Gasteiger partial charge in [-0.2, -0.15) is 0 Å². The molecule has 0 radical (unpaired) electrons. The number of primary amides is 1. The molecule has 3 aromatic carbocycles. The molecule has 41 heavy (non-hydrogen) atoms. The monoisotopic (exact) mass is 553 g/mol. The van der Waals surface area contributed by atoms with Crippen LogP contribution in [0.5, 0.6) is 0 Å². The molecular weight excluding hydrogens is 518 g/mol. The number of anilines is 2. The predicted octanol–water partition coefficient (Wildman–Crippen LogP) is 4.18.